The number of ether oxygens (including phenoxy) is 1. The normalized spacial score (nSPS) is 15.2. The molecule has 5 nitrogen and oxygen atoms in total. The van der Waals surface area contributed by atoms with Crippen molar-refractivity contribution < 1.29 is 9.53 Å². The summed E-state index contributed by atoms with van der Waals surface area (Å²) in [5, 5.41) is 4.06. The lowest BCUT2D eigenvalue weighted by atomic mass is 9.96. The van der Waals surface area contributed by atoms with Gasteiger partial charge in [0.25, 0.3) is 0 Å². The van der Waals surface area contributed by atoms with E-state index >= 15 is 0 Å². The highest BCUT2D eigenvalue weighted by molar-refractivity contribution is 7.22. The van der Waals surface area contributed by atoms with Crippen molar-refractivity contribution in [2.45, 2.75) is 12.8 Å². The smallest absolute Gasteiger partial charge is 0.227 e. The third-order valence-corrected chi connectivity index (χ3v) is 5.88. The van der Waals surface area contributed by atoms with Gasteiger partial charge in [0, 0.05) is 19.0 Å². The minimum atomic E-state index is 0.0190. The lowest BCUT2D eigenvalue weighted by molar-refractivity contribution is -0.120. The van der Waals surface area contributed by atoms with Gasteiger partial charge in [0.1, 0.15) is 5.75 Å². The summed E-state index contributed by atoms with van der Waals surface area (Å²) in [6, 6.07) is 15.7. The van der Waals surface area contributed by atoms with E-state index in [0.29, 0.717) is 5.75 Å². The van der Waals surface area contributed by atoms with Crippen LogP contribution in [0.25, 0.3) is 10.2 Å². The minimum absolute atomic E-state index is 0.0190. The number of methoxy groups -OCH3 is 1. The van der Waals surface area contributed by atoms with Crippen LogP contribution in [0.5, 0.6) is 5.75 Å². The van der Waals surface area contributed by atoms with Crippen molar-refractivity contribution in [3.8, 4) is 5.75 Å². The van der Waals surface area contributed by atoms with Gasteiger partial charge in [-0.25, -0.2) is 4.98 Å². The van der Waals surface area contributed by atoms with Crippen molar-refractivity contribution in [2.75, 3.05) is 30.4 Å². The minimum Gasteiger partial charge on any atom is -0.495 e. The first-order valence-electron chi connectivity index (χ1n) is 8.79. The average Bonchev–Trinajstić information content (AvgIpc) is 3.13. The Morgan fingerprint density at radius 1 is 1.15 bits per heavy atom. The number of thiazole rings is 1. The van der Waals surface area contributed by atoms with E-state index in [1.165, 1.54) is 4.70 Å². The number of aromatic nitrogens is 1. The van der Waals surface area contributed by atoms with Gasteiger partial charge in [-0.1, -0.05) is 35.6 Å². The molecular weight excluding hydrogens is 346 g/mol. The molecule has 1 N–H and O–H groups in total. The number of benzene rings is 2. The maximum absolute atomic E-state index is 12.6. The Hall–Kier alpha value is -2.60. The largest absolute Gasteiger partial charge is 0.495 e. The van der Waals surface area contributed by atoms with Crippen LogP contribution in [-0.4, -0.2) is 31.1 Å². The summed E-state index contributed by atoms with van der Waals surface area (Å²) in [5.74, 6) is 0.775. The summed E-state index contributed by atoms with van der Waals surface area (Å²) in [7, 11) is 1.61. The van der Waals surface area contributed by atoms with Crippen LogP contribution in [0.15, 0.2) is 48.5 Å². The first-order valence-corrected chi connectivity index (χ1v) is 9.60. The number of hydrogen-bond acceptors (Lipinski definition) is 5. The molecule has 1 saturated heterocycles. The lowest BCUT2D eigenvalue weighted by Gasteiger charge is -2.31. The average molecular weight is 367 g/mol. The number of carbonyl (C=O) groups excluding carboxylic acids is 1. The molecule has 0 spiro atoms. The second kappa shape index (κ2) is 7.33. The van der Waals surface area contributed by atoms with Crippen LogP contribution in [0, 0.1) is 5.92 Å². The highest BCUT2D eigenvalue weighted by Crippen LogP contribution is 2.32. The van der Waals surface area contributed by atoms with E-state index in [9.17, 15) is 4.79 Å². The van der Waals surface area contributed by atoms with E-state index in [2.05, 4.69) is 16.3 Å². The lowest BCUT2D eigenvalue weighted by Crippen LogP contribution is -2.38. The topological polar surface area (TPSA) is 54.5 Å². The molecule has 1 amide bonds. The third kappa shape index (κ3) is 3.37. The summed E-state index contributed by atoms with van der Waals surface area (Å²) in [6.07, 6.45) is 1.66. The molecule has 1 aliphatic rings. The number of carbonyl (C=O) groups is 1. The highest BCUT2D eigenvalue weighted by atomic mass is 32.1. The zero-order valence-electron chi connectivity index (χ0n) is 14.6. The first kappa shape index (κ1) is 16.8. The zero-order valence-corrected chi connectivity index (χ0v) is 15.5. The van der Waals surface area contributed by atoms with E-state index in [1.54, 1.807) is 18.4 Å². The molecule has 26 heavy (non-hydrogen) atoms. The summed E-state index contributed by atoms with van der Waals surface area (Å²) >= 11 is 1.72. The fourth-order valence-electron chi connectivity index (χ4n) is 3.31. The van der Waals surface area contributed by atoms with E-state index in [4.69, 9.17) is 9.72 Å². The van der Waals surface area contributed by atoms with Gasteiger partial charge in [-0.3, -0.25) is 4.79 Å². The number of fused-ring (bicyclic) bond motifs is 1. The summed E-state index contributed by atoms with van der Waals surface area (Å²) in [6.45, 7) is 1.70. The van der Waals surface area contributed by atoms with Crippen LogP contribution in [0.2, 0.25) is 0 Å². The van der Waals surface area contributed by atoms with Crippen LogP contribution >= 0.6 is 11.3 Å². The van der Waals surface area contributed by atoms with E-state index in [0.717, 1.165) is 42.3 Å². The molecule has 0 radical (unpaired) electrons. The van der Waals surface area contributed by atoms with Crippen molar-refractivity contribution >= 4 is 38.3 Å². The summed E-state index contributed by atoms with van der Waals surface area (Å²) in [4.78, 5) is 19.6. The van der Waals surface area contributed by atoms with Gasteiger partial charge in [0.15, 0.2) is 5.13 Å². The van der Waals surface area contributed by atoms with Crippen molar-refractivity contribution in [1.82, 2.24) is 4.98 Å². The molecule has 6 heteroatoms. The SMILES string of the molecule is COc1ccccc1NC(=O)C1CCN(c2nc3ccccc3s2)CC1. The van der Waals surface area contributed by atoms with Gasteiger partial charge in [-0.2, -0.15) is 0 Å². The highest BCUT2D eigenvalue weighted by Gasteiger charge is 2.27. The zero-order chi connectivity index (χ0) is 17.9. The summed E-state index contributed by atoms with van der Waals surface area (Å²) < 4.78 is 6.51. The van der Waals surface area contributed by atoms with Gasteiger partial charge < -0.3 is 15.0 Å². The number of nitrogens with one attached hydrogen (secondary N) is 1. The Balaban J connectivity index is 1.39. The molecule has 1 fully saturated rings. The molecule has 2 heterocycles. The Morgan fingerprint density at radius 3 is 2.65 bits per heavy atom. The maximum Gasteiger partial charge on any atom is 0.227 e. The van der Waals surface area contributed by atoms with Gasteiger partial charge >= 0.3 is 0 Å². The predicted octanol–water partition coefficient (Wildman–Crippen LogP) is 4.16. The maximum atomic E-state index is 12.6. The van der Waals surface area contributed by atoms with Crippen molar-refractivity contribution in [3.05, 3.63) is 48.5 Å². The standard InChI is InChI=1S/C20H21N3O2S/c1-25-17-8-4-2-6-15(17)21-19(24)14-10-12-23(13-11-14)20-22-16-7-3-5-9-18(16)26-20/h2-9,14H,10-13H2,1H3,(H,21,24). The monoisotopic (exact) mass is 367 g/mol. The molecule has 0 bridgehead atoms. The predicted molar refractivity (Wildman–Crippen MR) is 106 cm³/mol. The molecule has 1 aromatic heterocycles. The Kier molecular flexibility index (Phi) is 4.75. The molecule has 0 aliphatic carbocycles. The van der Waals surface area contributed by atoms with Gasteiger partial charge in [-0.05, 0) is 37.1 Å². The number of nitrogens with zero attached hydrogens (tertiary/aromatic N) is 2. The van der Waals surface area contributed by atoms with Crippen LogP contribution in [0.4, 0.5) is 10.8 Å². The van der Waals surface area contributed by atoms with Crippen LogP contribution in [0.1, 0.15) is 12.8 Å². The third-order valence-electron chi connectivity index (χ3n) is 4.78. The number of hydrogen-bond donors (Lipinski definition) is 1. The molecule has 0 atom stereocenters. The van der Waals surface area contributed by atoms with Crippen LogP contribution in [0.3, 0.4) is 0 Å². The van der Waals surface area contributed by atoms with Crippen LogP contribution in [-0.2, 0) is 4.79 Å². The number of piperidine rings is 1. The molecule has 1 aliphatic heterocycles. The van der Waals surface area contributed by atoms with E-state index < -0.39 is 0 Å². The molecule has 134 valence electrons. The van der Waals surface area contributed by atoms with Gasteiger partial charge in [-0.15, -0.1) is 0 Å². The van der Waals surface area contributed by atoms with Crippen molar-refractivity contribution in [1.29, 1.82) is 0 Å². The molecule has 2 aromatic carbocycles. The fourth-order valence-corrected chi connectivity index (χ4v) is 4.33. The fraction of sp³-hybridized carbons (Fsp3) is 0.300. The molecule has 3 aromatic rings. The second-order valence-electron chi connectivity index (χ2n) is 6.42. The summed E-state index contributed by atoms with van der Waals surface area (Å²) in [5.41, 5.74) is 1.78. The van der Waals surface area contributed by atoms with E-state index in [-0.39, 0.29) is 11.8 Å². The van der Waals surface area contributed by atoms with Gasteiger partial charge in [0.05, 0.1) is 23.0 Å². The Labute approximate surface area is 156 Å². The quantitative estimate of drug-likeness (QED) is 0.752. The molecular formula is C20H21N3O2S. The molecule has 0 unspecified atom stereocenters. The molecule has 0 saturated carbocycles. The van der Waals surface area contributed by atoms with Crippen molar-refractivity contribution in [2.24, 2.45) is 5.92 Å². The first-order chi connectivity index (χ1) is 12.7. The van der Waals surface area contributed by atoms with E-state index in [1.807, 2.05) is 42.5 Å². The number of para-hydroxylation sites is 3. The second-order valence-corrected chi connectivity index (χ2v) is 7.42. The number of rotatable bonds is 4. The van der Waals surface area contributed by atoms with Crippen molar-refractivity contribution in [3.63, 3.8) is 0 Å². The van der Waals surface area contributed by atoms with Gasteiger partial charge in [0.2, 0.25) is 5.91 Å². The Bertz CT molecular complexity index is 883. The van der Waals surface area contributed by atoms with Crippen LogP contribution < -0.4 is 15.0 Å². The number of anilines is 2. The Morgan fingerprint density at radius 2 is 1.88 bits per heavy atom. The number of amides is 1. The molecule has 4 rings (SSSR count).